The summed E-state index contributed by atoms with van der Waals surface area (Å²) in [4.78, 5) is 21.2. The van der Waals surface area contributed by atoms with Gasteiger partial charge in [0.05, 0.1) is 12.8 Å². The van der Waals surface area contributed by atoms with E-state index in [0.29, 0.717) is 10.6 Å². The van der Waals surface area contributed by atoms with E-state index in [1.54, 1.807) is 24.3 Å². The van der Waals surface area contributed by atoms with E-state index in [4.69, 9.17) is 21.8 Å². The van der Waals surface area contributed by atoms with Crippen LogP contribution < -0.4 is 0 Å². The van der Waals surface area contributed by atoms with Gasteiger partial charge < -0.3 is 10.2 Å². The van der Waals surface area contributed by atoms with Crippen LogP contribution in [0.4, 0.5) is 0 Å². The second kappa shape index (κ2) is 5.51. The molecule has 0 amide bonds. The summed E-state index contributed by atoms with van der Waals surface area (Å²) in [7, 11) is 0. The summed E-state index contributed by atoms with van der Waals surface area (Å²) in [5.41, 5.74) is 0.675. The van der Waals surface area contributed by atoms with Gasteiger partial charge in [0, 0.05) is 10.9 Å². The summed E-state index contributed by atoms with van der Waals surface area (Å²) in [5, 5.41) is 17.9. The molecule has 0 aliphatic heterocycles. The van der Waals surface area contributed by atoms with Gasteiger partial charge in [-0.25, -0.2) is 0 Å². The van der Waals surface area contributed by atoms with Crippen molar-refractivity contribution in [3.05, 3.63) is 34.9 Å². The smallest absolute Gasteiger partial charge is 0.303 e. The van der Waals surface area contributed by atoms with E-state index in [2.05, 4.69) is 0 Å². The molecule has 1 unspecified atom stereocenters. The van der Waals surface area contributed by atoms with Gasteiger partial charge in [-0.1, -0.05) is 23.7 Å². The van der Waals surface area contributed by atoms with Crippen molar-refractivity contribution in [2.45, 2.75) is 18.8 Å². The fourth-order valence-corrected chi connectivity index (χ4v) is 1.59. The summed E-state index contributed by atoms with van der Waals surface area (Å²) in [5.74, 6) is -2.55. The number of rotatable bonds is 5. The van der Waals surface area contributed by atoms with Crippen molar-refractivity contribution in [1.29, 1.82) is 0 Å². The minimum absolute atomic E-state index is 0.200. The first-order valence-electron chi connectivity index (χ1n) is 4.68. The quantitative estimate of drug-likeness (QED) is 0.782. The molecule has 1 atom stereocenters. The first kappa shape index (κ1) is 12.5. The van der Waals surface area contributed by atoms with Crippen molar-refractivity contribution in [2.75, 3.05) is 0 Å². The normalized spacial score (nSPS) is 12.1. The van der Waals surface area contributed by atoms with E-state index in [0.717, 1.165) is 0 Å². The zero-order valence-electron chi connectivity index (χ0n) is 8.39. The third-order valence-corrected chi connectivity index (χ3v) is 2.44. The number of carboxylic acid groups (broad SMARTS) is 2. The zero-order valence-corrected chi connectivity index (χ0v) is 9.15. The highest BCUT2D eigenvalue weighted by Gasteiger charge is 2.18. The predicted molar refractivity (Wildman–Crippen MR) is 58.7 cm³/mol. The Morgan fingerprint density at radius 1 is 1.38 bits per heavy atom. The van der Waals surface area contributed by atoms with Gasteiger partial charge in [0.15, 0.2) is 0 Å². The van der Waals surface area contributed by atoms with Gasteiger partial charge in [0.2, 0.25) is 0 Å². The molecule has 1 rings (SSSR count). The van der Waals surface area contributed by atoms with Crippen molar-refractivity contribution < 1.29 is 19.8 Å². The van der Waals surface area contributed by atoms with Crippen LogP contribution in [-0.2, 0) is 9.59 Å². The summed E-state index contributed by atoms with van der Waals surface area (Å²) in [6.07, 6.45) is -0.401. The molecule has 0 spiro atoms. The molecule has 0 heterocycles. The molecular formula is C11H11ClO4. The maximum atomic E-state index is 10.6. The number of carbonyl (C=O) groups is 2. The highest BCUT2D eigenvalue weighted by Crippen LogP contribution is 2.24. The topological polar surface area (TPSA) is 74.6 Å². The third kappa shape index (κ3) is 3.90. The Kier molecular flexibility index (Phi) is 4.31. The minimum Gasteiger partial charge on any atom is -0.481 e. The molecule has 1 aromatic rings. The summed E-state index contributed by atoms with van der Waals surface area (Å²) < 4.78 is 0. The largest absolute Gasteiger partial charge is 0.481 e. The summed E-state index contributed by atoms with van der Waals surface area (Å²) >= 11 is 5.70. The lowest BCUT2D eigenvalue weighted by atomic mass is 9.93. The van der Waals surface area contributed by atoms with Gasteiger partial charge in [-0.2, -0.15) is 0 Å². The average Bonchev–Trinajstić information content (AvgIpc) is 2.16. The van der Waals surface area contributed by atoms with Gasteiger partial charge in [-0.05, 0) is 17.7 Å². The standard InChI is InChI=1S/C11H11ClO4/c12-9-3-1-7(2-4-9)8(5-10(13)14)6-11(15)16/h1-4,8H,5-6H2,(H,13,14)(H,15,16)/i13+2,14+2. The van der Waals surface area contributed by atoms with Gasteiger partial charge in [-0.3, -0.25) is 9.59 Å². The SMILES string of the molecule is O=C(O)CC(CC(=[18O])[18OH])c1ccc(Cl)cc1. The second-order valence-electron chi connectivity index (χ2n) is 3.44. The highest BCUT2D eigenvalue weighted by molar-refractivity contribution is 6.30. The molecular weight excluding hydrogens is 236 g/mol. The molecule has 4 nitrogen and oxygen atoms in total. The molecule has 0 radical (unpaired) electrons. The van der Waals surface area contributed by atoms with Crippen molar-refractivity contribution in [1.82, 2.24) is 0 Å². The molecule has 0 aliphatic rings. The molecule has 0 bridgehead atoms. The van der Waals surface area contributed by atoms with E-state index in [1.165, 1.54) is 0 Å². The van der Waals surface area contributed by atoms with Crippen LogP contribution in [0.25, 0.3) is 0 Å². The van der Waals surface area contributed by atoms with E-state index >= 15 is 0 Å². The zero-order chi connectivity index (χ0) is 12.1. The average molecular weight is 247 g/mol. The van der Waals surface area contributed by atoms with Crippen molar-refractivity contribution in [3.8, 4) is 0 Å². The monoisotopic (exact) mass is 246 g/mol. The Morgan fingerprint density at radius 2 is 1.94 bits per heavy atom. The number of hydrogen-bond donors (Lipinski definition) is 2. The molecule has 86 valence electrons. The van der Waals surface area contributed by atoms with Crippen LogP contribution >= 0.6 is 11.6 Å². The van der Waals surface area contributed by atoms with Gasteiger partial charge >= 0.3 is 11.9 Å². The number of aliphatic carboxylic acids is 2. The Hall–Kier alpha value is -1.55. The molecule has 16 heavy (non-hydrogen) atoms. The van der Waals surface area contributed by atoms with E-state index in [1.807, 2.05) is 0 Å². The first-order valence-corrected chi connectivity index (χ1v) is 5.06. The molecule has 2 N–H and O–H groups in total. The number of benzene rings is 1. The predicted octanol–water partition coefficient (Wildman–Crippen LogP) is 2.37. The van der Waals surface area contributed by atoms with Crippen molar-refractivity contribution in [2.24, 2.45) is 0 Å². The van der Waals surface area contributed by atoms with Crippen LogP contribution in [0.15, 0.2) is 24.3 Å². The van der Waals surface area contributed by atoms with Crippen LogP contribution in [0.1, 0.15) is 24.3 Å². The van der Waals surface area contributed by atoms with Crippen LogP contribution in [0, 0.1) is 0 Å². The number of carboxylic acids is 2. The third-order valence-electron chi connectivity index (χ3n) is 2.18. The van der Waals surface area contributed by atoms with Crippen LogP contribution in [0.3, 0.4) is 0 Å². The number of halogens is 1. The van der Waals surface area contributed by atoms with E-state index in [9.17, 15) is 9.59 Å². The Labute approximate surface area is 97.5 Å². The molecule has 0 aromatic heterocycles. The molecule has 0 fully saturated rings. The Morgan fingerprint density at radius 3 is 2.38 bits per heavy atom. The maximum absolute atomic E-state index is 10.6. The highest BCUT2D eigenvalue weighted by atomic mass is 35.5. The van der Waals surface area contributed by atoms with Crippen molar-refractivity contribution in [3.63, 3.8) is 0 Å². The van der Waals surface area contributed by atoms with Gasteiger partial charge in [-0.15, -0.1) is 0 Å². The van der Waals surface area contributed by atoms with Gasteiger partial charge in [0.1, 0.15) is 0 Å². The van der Waals surface area contributed by atoms with E-state index < -0.39 is 17.9 Å². The lowest BCUT2D eigenvalue weighted by Crippen LogP contribution is -2.11. The van der Waals surface area contributed by atoms with E-state index in [-0.39, 0.29) is 12.8 Å². The Balaban J connectivity index is 2.86. The van der Waals surface area contributed by atoms with Crippen LogP contribution in [0.5, 0.6) is 0 Å². The first-order chi connectivity index (χ1) is 7.49. The molecule has 0 saturated carbocycles. The fraction of sp³-hybridized carbons (Fsp3) is 0.273. The Bertz CT molecular complexity index is 369. The van der Waals surface area contributed by atoms with Crippen LogP contribution in [-0.4, -0.2) is 22.2 Å². The fourth-order valence-electron chi connectivity index (χ4n) is 1.46. The molecule has 5 heteroatoms. The molecule has 0 aliphatic carbocycles. The molecule has 0 saturated heterocycles. The van der Waals surface area contributed by atoms with Crippen molar-refractivity contribution >= 4 is 23.5 Å². The maximum Gasteiger partial charge on any atom is 0.303 e. The lowest BCUT2D eigenvalue weighted by molar-refractivity contribution is -0.139. The second-order valence-corrected chi connectivity index (χ2v) is 3.88. The van der Waals surface area contributed by atoms with Gasteiger partial charge in [0.25, 0.3) is 0 Å². The summed E-state index contributed by atoms with van der Waals surface area (Å²) in [6, 6.07) is 6.54. The molecule has 1 aromatic carbocycles. The summed E-state index contributed by atoms with van der Waals surface area (Å²) in [6.45, 7) is 0. The number of hydrogen-bond acceptors (Lipinski definition) is 2. The lowest BCUT2D eigenvalue weighted by Gasteiger charge is -2.12. The minimum atomic E-state index is -1.01. The van der Waals surface area contributed by atoms with Crippen LogP contribution in [0.2, 0.25) is 5.02 Å².